The van der Waals surface area contributed by atoms with Gasteiger partial charge < -0.3 is 13.9 Å². The average molecular weight is 372 g/mol. The smallest absolute Gasteiger partial charge is 0.463 e. The molecule has 1 heterocycles. The van der Waals surface area contributed by atoms with E-state index in [0.29, 0.717) is 5.56 Å². The Morgan fingerprint density at radius 2 is 1.62 bits per heavy atom. The van der Waals surface area contributed by atoms with Crippen molar-refractivity contribution in [3.63, 3.8) is 0 Å². The predicted molar refractivity (Wildman–Crippen MR) is 81.2 cm³/mol. The second-order valence-corrected chi connectivity index (χ2v) is 5.09. The van der Waals surface area contributed by atoms with Crippen molar-refractivity contribution in [1.82, 2.24) is 0 Å². The standard InChI is InChI=1S/C17H9F5O4/c18-16(19)25-11-5-6-12-14(7-11)24-8-13(15(12)23)9-1-3-10(4-2-9)26-17(20,21)22/h1-8,16H. The molecule has 0 aliphatic carbocycles. The average Bonchev–Trinajstić information content (AvgIpc) is 2.54. The molecule has 3 rings (SSSR count). The van der Waals surface area contributed by atoms with Gasteiger partial charge in [-0.3, -0.25) is 4.79 Å². The molecule has 0 radical (unpaired) electrons. The van der Waals surface area contributed by atoms with E-state index in [9.17, 15) is 26.7 Å². The Morgan fingerprint density at radius 1 is 0.962 bits per heavy atom. The lowest BCUT2D eigenvalue weighted by Crippen LogP contribution is -2.17. The second kappa shape index (κ2) is 6.66. The largest absolute Gasteiger partial charge is 0.573 e. The van der Waals surface area contributed by atoms with Gasteiger partial charge in [-0.2, -0.15) is 8.78 Å². The van der Waals surface area contributed by atoms with Crippen molar-refractivity contribution < 1.29 is 35.8 Å². The Kier molecular flexibility index (Phi) is 4.54. The summed E-state index contributed by atoms with van der Waals surface area (Å²) in [5.74, 6) is -0.600. The number of hydrogen-bond donors (Lipinski definition) is 0. The number of hydrogen-bond acceptors (Lipinski definition) is 4. The first-order valence-corrected chi connectivity index (χ1v) is 7.09. The van der Waals surface area contributed by atoms with Crippen LogP contribution in [0, 0.1) is 0 Å². The maximum Gasteiger partial charge on any atom is 0.573 e. The van der Waals surface area contributed by atoms with Crippen LogP contribution in [0.4, 0.5) is 22.0 Å². The van der Waals surface area contributed by atoms with Crippen LogP contribution in [-0.2, 0) is 0 Å². The van der Waals surface area contributed by atoms with Crippen LogP contribution in [0.5, 0.6) is 11.5 Å². The minimum Gasteiger partial charge on any atom is -0.463 e. The van der Waals surface area contributed by atoms with E-state index in [1.165, 1.54) is 24.3 Å². The van der Waals surface area contributed by atoms with E-state index in [1.54, 1.807) is 0 Å². The first kappa shape index (κ1) is 17.7. The van der Waals surface area contributed by atoms with Crippen LogP contribution in [0.2, 0.25) is 0 Å². The molecule has 0 aliphatic rings. The molecule has 0 saturated heterocycles. The van der Waals surface area contributed by atoms with Crippen molar-refractivity contribution in [3.8, 4) is 22.6 Å². The van der Waals surface area contributed by atoms with Crippen LogP contribution in [-0.4, -0.2) is 13.0 Å². The Labute approximate surface area is 142 Å². The highest BCUT2D eigenvalue weighted by atomic mass is 19.4. The van der Waals surface area contributed by atoms with Gasteiger partial charge in [-0.05, 0) is 29.8 Å². The predicted octanol–water partition coefficient (Wildman–Crippen LogP) is 4.96. The summed E-state index contributed by atoms with van der Waals surface area (Å²) in [5.41, 5.74) is -0.0325. The van der Waals surface area contributed by atoms with Crippen molar-refractivity contribution in [2.75, 3.05) is 0 Å². The fraction of sp³-hybridized carbons (Fsp3) is 0.118. The minimum atomic E-state index is -4.82. The van der Waals surface area contributed by atoms with Gasteiger partial charge in [0.25, 0.3) is 0 Å². The SMILES string of the molecule is O=c1c(-c2ccc(OC(F)(F)F)cc2)coc2cc(OC(F)F)ccc12. The first-order chi connectivity index (χ1) is 12.2. The molecule has 2 aromatic carbocycles. The molecule has 0 amide bonds. The summed E-state index contributed by atoms with van der Waals surface area (Å²) < 4.78 is 74.2. The molecule has 3 aromatic rings. The zero-order chi connectivity index (χ0) is 18.9. The van der Waals surface area contributed by atoms with E-state index in [2.05, 4.69) is 9.47 Å². The Morgan fingerprint density at radius 3 is 2.23 bits per heavy atom. The van der Waals surface area contributed by atoms with Crippen LogP contribution < -0.4 is 14.9 Å². The quantitative estimate of drug-likeness (QED) is 0.608. The molecule has 0 aliphatic heterocycles. The zero-order valence-electron chi connectivity index (χ0n) is 12.7. The van der Waals surface area contributed by atoms with E-state index < -0.39 is 24.2 Å². The number of benzene rings is 2. The third kappa shape index (κ3) is 3.93. The molecular weight excluding hydrogens is 363 g/mol. The second-order valence-electron chi connectivity index (χ2n) is 5.09. The summed E-state index contributed by atoms with van der Waals surface area (Å²) in [6.45, 7) is -3.02. The number of rotatable bonds is 4. The number of ether oxygens (including phenoxy) is 2. The van der Waals surface area contributed by atoms with Crippen LogP contribution in [0.25, 0.3) is 22.1 Å². The van der Waals surface area contributed by atoms with Crippen molar-refractivity contribution >= 4 is 11.0 Å². The van der Waals surface area contributed by atoms with Gasteiger partial charge in [0.15, 0.2) is 5.43 Å². The van der Waals surface area contributed by atoms with E-state index in [1.807, 2.05) is 0 Å². The van der Waals surface area contributed by atoms with Gasteiger partial charge in [0, 0.05) is 6.07 Å². The lowest BCUT2D eigenvalue weighted by atomic mass is 10.1. The summed E-state index contributed by atoms with van der Waals surface area (Å²) in [6.07, 6.45) is -3.72. The molecule has 0 unspecified atom stereocenters. The van der Waals surface area contributed by atoms with Crippen LogP contribution in [0.3, 0.4) is 0 Å². The molecular formula is C17H9F5O4. The molecule has 0 spiro atoms. The Balaban J connectivity index is 1.95. The van der Waals surface area contributed by atoms with Gasteiger partial charge in [-0.25, -0.2) is 0 Å². The highest BCUT2D eigenvalue weighted by Gasteiger charge is 2.31. The molecule has 0 saturated carbocycles. The van der Waals surface area contributed by atoms with Gasteiger partial charge in [-0.15, -0.1) is 13.2 Å². The molecule has 0 bridgehead atoms. The molecule has 0 atom stereocenters. The van der Waals surface area contributed by atoms with E-state index >= 15 is 0 Å². The third-order valence-electron chi connectivity index (χ3n) is 3.37. The van der Waals surface area contributed by atoms with Gasteiger partial charge >= 0.3 is 13.0 Å². The number of fused-ring (bicyclic) bond motifs is 1. The van der Waals surface area contributed by atoms with Crippen LogP contribution in [0.1, 0.15) is 0 Å². The van der Waals surface area contributed by atoms with Crippen LogP contribution in [0.15, 0.2) is 57.9 Å². The highest BCUT2D eigenvalue weighted by molar-refractivity contribution is 5.82. The maximum absolute atomic E-state index is 12.5. The van der Waals surface area contributed by atoms with E-state index in [0.717, 1.165) is 24.5 Å². The van der Waals surface area contributed by atoms with Gasteiger partial charge in [0.2, 0.25) is 0 Å². The minimum absolute atomic E-state index is 0.0360. The fourth-order valence-corrected chi connectivity index (χ4v) is 2.32. The highest BCUT2D eigenvalue weighted by Crippen LogP contribution is 2.27. The summed E-state index contributed by atoms with van der Waals surface area (Å²) in [5, 5.41) is 0.111. The summed E-state index contributed by atoms with van der Waals surface area (Å²) in [4.78, 5) is 12.5. The number of halogens is 5. The normalized spacial score (nSPS) is 11.8. The molecule has 0 fully saturated rings. The van der Waals surface area contributed by atoms with Gasteiger partial charge in [-0.1, -0.05) is 12.1 Å². The number of alkyl halides is 5. The van der Waals surface area contributed by atoms with Crippen molar-refractivity contribution in [3.05, 3.63) is 59.0 Å². The van der Waals surface area contributed by atoms with E-state index in [4.69, 9.17) is 4.42 Å². The maximum atomic E-state index is 12.5. The van der Waals surface area contributed by atoms with E-state index in [-0.39, 0.29) is 22.3 Å². The Bertz CT molecular complexity index is 977. The van der Waals surface area contributed by atoms with Crippen molar-refractivity contribution in [2.24, 2.45) is 0 Å². The summed E-state index contributed by atoms with van der Waals surface area (Å²) >= 11 is 0. The molecule has 1 aromatic heterocycles. The molecule has 9 heteroatoms. The molecule has 136 valence electrons. The summed E-state index contributed by atoms with van der Waals surface area (Å²) in [7, 11) is 0. The van der Waals surface area contributed by atoms with Gasteiger partial charge in [0.05, 0.1) is 10.9 Å². The first-order valence-electron chi connectivity index (χ1n) is 7.09. The van der Waals surface area contributed by atoms with Crippen LogP contribution >= 0.6 is 0 Å². The summed E-state index contributed by atoms with van der Waals surface area (Å²) in [6, 6.07) is 8.27. The lowest BCUT2D eigenvalue weighted by Gasteiger charge is -2.09. The monoisotopic (exact) mass is 372 g/mol. The fourth-order valence-electron chi connectivity index (χ4n) is 2.32. The topological polar surface area (TPSA) is 48.7 Å². The zero-order valence-corrected chi connectivity index (χ0v) is 12.7. The lowest BCUT2D eigenvalue weighted by molar-refractivity contribution is -0.274. The van der Waals surface area contributed by atoms with Gasteiger partial charge in [0.1, 0.15) is 23.3 Å². The molecule has 0 N–H and O–H groups in total. The van der Waals surface area contributed by atoms with Crippen molar-refractivity contribution in [2.45, 2.75) is 13.0 Å². The third-order valence-corrected chi connectivity index (χ3v) is 3.37. The Hall–Kier alpha value is -3.10. The molecule has 26 heavy (non-hydrogen) atoms. The van der Waals surface area contributed by atoms with Crippen molar-refractivity contribution in [1.29, 1.82) is 0 Å². The molecule has 4 nitrogen and oxygen atoms in total.